The molecule has 5 aliphatic rings. The highest BCUT2D eigenvalue weighted by Crippen LogP contribution is 2.76. The summed E-state index contributed by atoms with van der Waals surface area (Å²) < 4.78 is 5.79. The molecule has 0 aromatic heterocycles. The van der Waals surface area contributed by atoms with E-state index in [1.54, 1.807) is 0 Å². The molecule has 208 valence electrons. The monoisotopic (exact) mass is 514 g/mol. The number of hydrogen-bond acceptors (Lipinski definition) is 4. The van der Waals surface area contributed by atoms with Crippen molar-refractivity contribution in [3.8, 4) is 0 Å². The summed E-state index contributed by atoms with van der Waals surface area (Å²) in [6, 6.07) is 0. The molecule has 5 heteroatoms. The molecule has 0 spiro atoms. The predicted octanol–water partition coefficient (Wildman–Crippen LogP) is 6.78. The number of carboxylic acid groups (broad SMARTS) is 1. The van der Waals surface area contributed by atoms with Crippen LogP contribution in [0, 0.1) is 50.2 Å². The van der Waals surface area contributed by atoms with E-state index in [0.717, 1.165) is 38.5 Å². The van der Waals surface area contributed by atoms with E-state index in [1.165, 1.54) is 18.9 Å². The number of aliphatic carboxylic acids is 1. The van der Waals surface area contributed by atoms with E-state index in [0.29, 0.717) is 12.8 Å². The van der Waals surface area contributed by atoms with Gasteiger partial charge in [-0.05, 0) is 97.2 Å². The highest BCUT2D eigenvalue weighted by Gasteiger charge is 2.73. The number of rotatable bonds is 2. The number of allylic oxidation sites excluding steroid dienone is 1. The summed E-state index contributed by atoms with van der Waals surface area (Å²) in [5.41, 5.74) is -0.524. The van der Waals surface area contributed by atoms with Gasteiger partial charge in [-0.2, -0.15) is 0 Å². The number of aliphatic hydroxyl groups excluding tert-OH is 1. The van der Waals surface area contributed by atoms with Crippen LogP contribution in [0.2, 0.25) is 0 Å². The fraction of sp³-hybridized carbons (Fsp3) is 0.875. The predicted molar refractivity (Wildman–Crippen MR) is 144 cm³/mol. The molecule has 0 amide bonds. The second-order valence-corrected chi connectivity index (χ2v) is 15.9. The Balaban J connectivity index is 1.63. The Morgan fingerprint density at radius 2 is 1.59 bits per heavy atom. The van der Waals surface area contributed by atoms with Gasteiger partial charge in [0.15, 0.2) is 0 Å². The number of carbonyl (C=O) groups excluding carboxylic acids is 1. The highest BCUT2D eigenvalue weighted by atomic mass is 16.5. The van der Waals surface area contributed by atoms with Gasteiger partial charge >= 0.3 is 11.9 Å². The number of esters is 1. The molecular weight excluding hydrogens is 464 g/mol. The lowest BCUT2D eigenvalue weighted by atomic mass is 9.33. The maximum atomic E-state index is 13.6. The highest BCUT2D eigenvalue weighted by molar-refractivity contribution is 5.81. The van der Waals surface area contributed by atoms with Gasteiger partial charge in [-0.3, -0.25) is 9.59 Å². The number of ether oxygens (including phenoxy) is 1. The molecule has 5 nitrogen and oxygen atoms in total. The molecule has 0 saturated heterocycles. The van der Waals surface area contributed by atoms with Crippen molar-refractivity contribution < 1.29 is 24.5 Å². The summed E-state index contributed by atoms with van der Waals surface area (Å²) in [5, 5.41) is 23.1. The standard InChI is InChI=1S/C32H50O5/c1-19(33)37-24-11-12-30(7)23-10-9-20-21-17-27(2,3)13-14-29(21,6)15-16-32(20,26(35)36)31(23,8)18-22(34)25(30)28(24,4)5/h9,21-25,34H,10-18H2,1-8H3,(H,35,36)/t21-,22-,23-,24-,25+,29-,30-,31-,32-/m1/s1. The average molecular weight is 515 g/mol. The molecule has 0 aromatic carbocycles. The Hall–Kier alpha value is -1.36. The van der Waals surface area contributed by atoms with Crippen LogP contribution in [0.5, 0.6) is 0 Å². The van der Waals surface area contributed by atoms with E-state index in [2.05, 4.69) is 54.5 Å². The van der Waals surface area contributed by atoms with E-state index >= 15 is 0 Å². The smallest absolute Gasteiger partial charge is 0.314 e. The van der Waals surface area contributed by atoms with Gasteiger partial charge < -0.3 is 14.9 Å². The topological polar surface area (TPSA) is 83.8 Å². The van der Waals surface area contributed by atoms with Crippen molar-refractivity contribution in [1.29, 1.82) is 0 Å². The SMILES string of the molecule is CC(=O)O[C@@H]1CC[C@]2(C)[C@H]3CC=C4[C@H]5CC(C)(C)CC[C@]5(C)CC[C@@]4(C(=O)O)[C@]3(C)C[C@@H](O)[C@H]2C1(C)C. The van der Waals surface area contributed by atoms with Gasteiger partial charge in [0.1, 0.15) is 6.10 Å². The molecule has 0 unspecified atom stereocenters. The molecule has 0 radical (unpaired) electrons. The number of carbonyl (C=O) groups is 2. The van der Waals surface area contributed by atoms with Crippen molar-refractivity contribution >= 4 is 11.9 Å². The molecule has 4 saturated carbocycles. The number of fused-ring (bicyclic) bond motifs is 7. The number of carboxylic acids is 1. The molecule has 0 aromatic rings. The van der Waals surface area contributed by atoms with Gasteiger partial charge in [0.25, 0.3) is 0 Å². The maximum Gasteiger partial charge on any atom is 0.314 e. The van der Waals surface area contributed by atoms with Crippen molar-refractivity contribution in [1.82, 2.24) is 0 Å². The van der Waals surface area contributed by atoms with Crippen molar-refractivity contribution in [2.24, 2.45) is 50.2 Å². The van der Waals surface area contributed by atoms with Crippen LogP contribution in [0.3, 0.4) is 0 Å². The van der Waals surface area contributed by atoms with Crippen molar-refractivity contribution in [3.05, 3.63) is 11.6 Å². The quantitative estimate of drug-likeness (QED) is 0.314. The summed E-state index contributed by atoms with van der Waals surface area (Å²) in [6.45, 7) is 17.4. The third-order valence-electron chi connectivity index (χ3n) is 13.0. The zero-order chi connectivity index (χ0) is 27.4. The fourth-order valence-electron chi connectivity index (χ4n) is 11.2. The summed E-state index contributed by atoms with van der Waals surface area (Å²) >= 11 is 0. The minimum atomic E-state index is -0.931. The van der Waals surface area contributed by atoms with Gasteiger partial charge in [-0.15, -0.1) is 0 Å². The maximum absolute atomic E-state index is 13.6. The first-order valence-corrected chi connectivity index (χ1v) is 14.7. The van der Waals surface area contributed by atoms with Crippen LogP contribution in [0.15, 0.2) is 11.6 Å². The molecule has 0 bridgehead atoms. The normalized spacial score (nSPS) is 49.9. The fourth-order valence-corrected chi connectivity index (χ4v) is 11.2. The third kappa shape index (κ3) is 3.50. The van der Waals surface area contributed by atoms with Crippen molar-refractivity contribution in [2.75, 3.05) is 0 Å². The Morgan fingerprint density at radius 3 is 2.22 bits per heavy atom. The zero-order valence-electron chi connectivity index (χ0n) is 24.4. The van der Waals surface area contributed by atoms with Crippen LogP contribution < -0.4 is 0 Å². The minimum Gasteiger partial charge on any atom is -0.481 e. The summed E-state index contributed by atoms with van der Waals surface area (Å²) in [5.74, 6) is -0.560. The third-order valence-corrected chi connectivity index (χ3v) is 13.0. The van der Waals surface area contributed by atoms with Gasteiger partial charge in [0.2, 0.25) is 0 Å². The van der Waals surface area contributed by atoms with Gasteiger partial charge in [0, 0.05) is 12.3 Å². The molecule has 9 atom stereocenters. The van der Waals surface area contributed by atoms with Gasteiger partial charge in [0.05, 0.1) is 11.5 Å². The lowest BCUT2D eigenvalue weighted by Crippen LogP contribution is -2.70. The van der Waals surface area contributed by atoms with E-state index in [4.69, 9.17) is 4.74 Å². The zero-order valence-corrected chi connectivity index (χ0v) is 24.4. The lowest BCUT2D eigenvalue weighted by molar-refractivity contribution is -0.248. The average Bonchev–Trinajstić information content (AvgIpc) is 2.75. The Labute approximate surface area is 223 Å². The largest absolute Gasteiger partial charge is 0.481 e. The van der Waals surface area contributed by atoms with Crippen LogP contribution in [0.1, 0.15) is 113 Å². The second-order valence-electron chi connectivity index (χ2n) is 15.9. The van der Waals surface area contributed by atoms with Crippen LogP contribution >= 0.6 is 0 Å². The number of aliphatic hydroxyl groups is 1. The second kappa shape index (κ2) is 8.08. The van der Waals surface area contributed by atoms with E-state index in [1.807, 2.05) is 0 Å². The van der Waals surface area contributed by atoms with Gasteiger partial charge in [-0.1, -0.05) is 60.1 Å². The molecule has 4 fully saturated rings. The molecule has 0 aliphatic heterocycles. The molecular formula is C32H50O5. The van der Waals surface area contributed by atoms with E-state index in [9.17, 15) is 19.8 Å². The van der Waals surface area contributed by atoms with Crippen molar-refractivity contribution in [2.45, 2.75) is 125 Å². The molecule has 0 heterocycles. The van der Waals surface area contributed by atoms with E-state index < -0.39 is 28.3 Å². The minimum absolute atomic E-state index is 0.0561. The molecule has 37 heavy (non-hydrogen) atoms. The van der Waals surface area contributed by atoms with Crippen LogP contribution in [-0.2, 0) is 14.3 Å². The lowest BCUT2D eigenvalue weighted by Gasteiger charge is -2.71. The molecule has 2 N–H and O–H groups in total. The first kappa shape index (κ1) is 27.2. The molecule has 5 aliphatic carbocycles. The Morgan fingerprint density at radius 1 is 0.946 bits per heavy atom. The van der Waals surface area contributed by atoms with Crippen LogP contribution in [0.4, 0.5) is 0 Å². The first-order chi connectivity index (χ1) is 16.9. The first-order valence-electron chi connectivity index (χ1n) is 14.7. The van der Waals surface area contributed by atoms with Crippen molar-refractivity contribution in [3.63, 3.8) is 0 Å². The Bertz CT molecular complexity index is 1030. The number of hydrogen-bond donors (Lipinski definition) is 2. The van der Waals surface area contributed by atoms with Gasteiger partial charge in [-0.25, -0.2) is 0 Å². The summed E-state index contributed by atoms with van der Waals surface area (Å²) in [4.78, 5) is 25.5. The Kier molecular flexibility index (Phi) is 5.95. The van der Waals surface area contributed by atoms with Crippen LogP contribution in [-0.4, -0.2) is 34.4 Å². The summed E-state index contributed by atoms with van der Waals surface area (Å²) in [6.07, 6.45) is 9.48. The van der Waals surface area contributed by atoms with E-state index in [-0.39, 0.29) is 46.1 Å². The van der Waals surface area contributed by atoms with Crippen LogP contribution in [0.25, 0.3) is 0 Å². The summed E-state index contributed by atoms with van der Waals surface area (Å²) in [7, 11) is 0. The molecule has 5 rings (SSSR count).